The smallest absolute Gasteiger partial charge is 0.196 e. The van der Waals surface area contributed by atoms with Crippen LogP contribution in [0.2, 0.25) is 0 Å². The van der Waals surface area contributed by atoms with E-state index in [0.29, 0.717) is 19.0 Å². The molecule has 0 amide bonds. The van der Waals surface area contributed by atoms with Gasteiger partial charge in [0.05, 0.1) is 25.2 Å². The van der Waals surface area contributed by atoms with Gasteiger partial charge in [0.15, 0.2) is 5.90 Å². The van der Waals surface area contributed by atoms with Gasteiger partial charge in [-0.25, -0.2) is 0 Å². The summed E-state index contributed by atoms with van der Waals surface area (Å²) in [5, 5.41) is 9.63. The lowest BCUT2D eigenvalue weighted by atomic mass is 9.78. The maximum Gasteiger partial charge on any atom is 0.196 e. The molecule has 16 heavy (non-hydrogen) atoms. The van der Waals surface area contributed by atoms with Crippen LogP contribution in [0.15, 0.2) is 29.3 Å². The Hall–Kier alpha value is -1.35. The quantitative estimate of drug-likeness (QED) is 0.825. The van der Waals surface area contributed by atoms with Crippen LogP contribution in [0.5, 0.6) is 0 Å². The predicted octanol–water partition coefficient (Wildman–Crippen LogP) is 1.89. The molecule has 0 bridgehead atoms. The number of ether oxygens (including phenoxy) is 1. The van der Waals surface area contributed by atoms with Crippen molar-refractivity contribution in [2.45, 2.75) is 25.8 Å². The molecule has 0 unspecified atom stereocenters. The second kappa shape index (κ2) is 4.26. The number of aliphatic hydroxyl groups excluding tert-OH is 1. The standard InChI is InChI=1S/C13H17NO2/c1-3-16-12-13(2,9-15)11-7-5-4-6-10(11)8-14-12/h4-7,15H,3,8-9H2,1-2H3/t13-/m1/s1. The molecule has 0 spiro atoms. The number of nitrogens with zero attached hydrogens (tertiary/aromatic N) is 1. The van der Waals surface area contributed by atoms with Gasteiger partial charge in [0.1, 0.15) is 0 Å². The van der Waals surface area contributed by atoms with E-state index in [1.165, 1.54) is 5.56 Å². The Morgan fingerprint density at radius 3 is 2.88 bits per heavy atom. The maximum atomic E-state index is 9.63. The minimum absolute atomic E-state index is 0.0167. The Bertz CT molecular complexity index is 414. The van der Waals surface area contributed by atoms with E-state index in [0.717, 1.165) is 5.56 Å². The summed E-state index contributed by atoms with van der Waals surface area (Å²) in [4.78, 5) is 4.42. The van der Waals surface area contributed by atoms with E-state index < -0.39 is 5.41 Å². The minimum atomic E-state index is -0.495. The van der Waals surface area contributed by atoms with Gasteiger partial charge in [0, 0.05) is 0 Å². The largest absolute Gasteiger partial charge is 0.481 e. The van der Waals surface area contributed by atoms with Gasteiger partial charge in [-0.1, -0.05) is 24.3 Å². The Morgan fingerprint density at radius 1 is 1.44 bits per heavy atom. The summed E-state index contributed by atoms with van der Waals surface area (Å²) >= 11 is 0. The lowest BCUT2D eigenvalue weighted by Crippen LogP contribution is -2.41. The normalized spacial score (nSPS) is 23.6. The van der Waals surface area contributed by atoms with Crippen LogP contribution in [0.3, 0.4) is 0 Å². The first-order valence-corrected chi connectivity index (χ1v) is 5.59. The molecule has 1 aliphatic heterocycles. The summed E-state index contributed by atoms with van der Waals surface area (Å²) in [5.74, 6) is 0.649. The van der Waals surface area contributed by atoms with Crippen LogP contribution in [0.1, 0.15) is 25.0 Å². The molecule has 0 radical (unpaired) electrons. The Morgan fingerprint density at radius 2 is 2.19 bits per heavy atom. The first-order valence-electron chi connectivity index (χ1n) is 5.59. The number of aliphatic hydroxyl groups is 1. The predicted molar refractivity (Wildman–Crippen MR) is 63.6 cm³/mol. The van der Waals surface area contributed by atoms with Crippen LogP contribution in [0.4, 0.5) is 0 Å². The second-order valence-electron chi connectivity index (χ2n) is 4.20. The van der Waals surface area contributed by atoms with Crippen molar-refractivity contribution in [2.24, 2.45) is 4.99 Å². The molecule has 0 saturated heterocycles. The Kier molecular flexibility index (Phi) is 2.97. The monoisotopic (exact) mass is 219 g/mol. The minimum Gasteiger partial charge on any atom is -0.481 e. The molecule has 1 aromatic carbocycles. The van der Waals surface area contributed by atoms with Gasteiger partial charge >= 0.3 is 0 Å². The summed E-state index contributed by atoms with van der Waals surface area (Å²) in [6.07, 6.45) is 0. The number of fused-ring (bicyclic) bond motifs is 1. The third kappa shape index (κ3) is 1.61. The summed E-state index contributed by atoms with van der Waals surface area (Å²) < 4.78 is 5.54. The third-order valence-corrected chi connectivity index (χ3v) is 3.07. The van der Waals surface area contributed by atoms with Gasteiger partial charge in [-0.3, -0.25) is 4.99 Å². The van der Waals surface area contributed by atoms with Crippen molar-refractivity contribution in [1.29, 1.82) is 0 Å². The van der Waals surface area contributed by atoms with Crippen LogP contribution in [-0.2, 0) is 16.7 Å². The zero-order valence-corrected chi connectivity index (χ0v) is 9.73. The zero-order chi connectivity index (χ0) is 11.6. The second-order valence-corrected chi connectivity index (χ2v) is 4.20. The molecule has 1 N–H and O–H groups in total. The summed E-state index contributed by atoms with van der Waals surface area (Å²) in [7, 11) is 0. The van der Waals surface area contributed by atoms with Crippen LogP contribution in [0, 0.1) is 0 Å². The molecule has 86 valence electrons. The molecule has 1 atom stereocenters. The maximum absolute atomic E-state index is 9.63. The topological polar surface area (TPSA) is 41.8 Å². The van der Waals surface area contributed by atoms with Gasteiger partial charge in [-0.15, -0.1) is 0 Å². The first-order chi connectivity index (χ1) is 7.72. The highest BCUT2D eigenvalue weighted by Gasteiger charge is 2.37. The molecule has 1 aromatic rings. The van der Waals surface area contributed by atoms with E-state index in [4.69, 9.17) is 4.74 Å². The van der Waals surface area contributed by atoms with Crippen molar-refractivity contribution in [3.8, 4) is 0 Å². The van der Waals surface area contributed by atoms with Crippen molar-refractivity contribution in [2.75, 3.05) is 13.2 Å². The molecule has 0 fully saturated rings. The number of rotatable bonds is 2. The average molecular weight is 219 g/mol. The van der Waals surface area contributed by atoms with Crippen molar-refractivity contribution < 1.29 is 9.84 Å². The number of hydrogen-bond acceptors (Lipinski definition) is 3. The number of hydrogen-bond donors (Lipinski definition) is 1. The Labute approximate surface area is 95.8 Å². The van der Waals surface area contributed by atoms with Gasteiger partial charge in [-0.2, -0.15) is 0 Å². The molecule has 3 nitrogen and oxygen atoms in total. The fourth-order valence-corrected chi connectivity index (χ4v) is 2.14. The fourth-order valence-electron chi connectivity index (χ4n) is 2.14. The summed E-state index contributed by atoms with van der Waals surface area (Å²) in [6, 6.07) is 8.08. The van der Waals surface area contributed by atoms with Crippen LogP contribution < -0.4 is 0 Å². The molecule has 3 heteroatoms. The molecular formula is C13H17NO2. The van der Waals surface area contributed by atoms with E-state index in [9.17, 15) is 5.11 Å². The Balaban J connectivity index is 2.47. The molecule has 0 saturated carbocycles. The number of benzene rings is 1. The van der Waals surface area contributed by atoms with E-state index in [2.05, 4.69) is 11.1 Å². The van der Waals surface area contributed by atoms with E-state index >= 15 is 0 Å². The van der Waals surface area contributed by atoms with Gasteiger partial charge in [-0.05, 0) is 25.0 Å². The zero-order valence-electron chi connectivity index (χ0n) is 9.73. The lowest BCUT2D eigenvalue weighted by Gasteiger charge is -2.33. The third-order valence-electron chi connectivity index (χ3n) is 3.07. The highest BCUT2D eigenvalue weighted by Crippen LogP contribution is 2.33. The first kappa shape index (κ1) is 11.1. The highest BCUT2D eigenvalue weighted by molar-refractivity contribution is 5.89. The van der Waals surface area contributed by atoms with Crippen molar-refractivity contribution in [1.82, 2.24) is 0 Å². The van der Waals surface area contributed by atoms with Gasteiger partial charge < -0.3 is 9.84 Å². The molecule has 1 aliphatic rings. The van der Waals surface area contributed by atoms with Crippen molar-refractivity contribution in [3.63, 3.8) is 0 Å². The van der Waals surface area contributed by atoms with Crippen LogP contribution in [0.25, 0.3) is 0 Å². The average Bonchev–Trinajstić information content (AvgIpc) is 2.33. The summed E-state index contributed by atoms with van der Waals surface area (Å²) in [5.41, 5.74) is 1.80. The van der Waals surface area contributed by atoms with Crippen LogP contribution >= 0.6 is 0 Å². The van der Waals surface area contributed by atoms with E-state index in [1.807, 2.05) is 32.0 Å². The molecule has 2 rings (SSSR count). The summed E-state index contributed by atoms with van der Waals surface area (Å²) in [6.45, 7) is 5.14. The van der Waals surface area contributed by atoms with E-state index in [1.54, 1.807) is 0 Å². The van der Waals surface area contributed by atoms with Crippen molar-refractivity contribution in [3.05, 3.63) is 35.4 Å². The fraction of sp³-hybridized carbons (Fsp3) is 0.462. The molecule has 1 heterocycles. The number of aliphatic imine (C=N–C) groups is 1. The van der Waals surface area contributed by atoms with Gasteiger partial charge in [0.2, 0.25) is 0 Å². The van der Waals surface area contributed by atoms with Gasteiger partial charge in [0.25, 0.3) is 0 Å². The molecule has 0 aliphatic carbocycles. The van der Waals surface area contributed by atoms with E-state index in [-0.39, 0.29) is 6.61 Å². The van der Waals surface area contributed by atoms with Crippen LogP contribution in [-0.4, -0.2) is 24.2 Å². The molecule has 0 aromatic heterocycles. The lowest BCUT2D eigenvalue weighted by molar-refractivity contribution is 0.206. The molecular weight excluding hydrogens is 202 g/mol. The van der Waals surface area contributed by atoms with Crippen molar-refractivity contribution >= 4 is 5.90 Å². The SMILES string of the molecule is CCOC1=NCc2ccccc2[C@@]1(C)CO. The highest BCUT2D eigenvalue weighted by atomic mass is 16.5.